The molecule has 1 aromatic heterocycles. The van der Waals surface area contributed by atoms with Crippen molar-refractivity contribution in [2.75, 3.05) is 11.9 Å². The van der Waals surface area contributed by atoms with E-state index in [4.69, 9.17) is 11.6 Å². The number of hydrogen-bond acceptors (Lipinski definition) is 4. The van der Waals surface area contributed by atoms with Gasteiger partial charge in [0, 0.05) is 17.0 Å². The molecule has 1 aliphatic rings. The van der Waals surface area contributed by atoms with Crippen molar-refractivity contribution in [2.45, 2.75) is 13.0 Å². The molecule has 32 heavy (non-hydrogen) atoms. The van der Waals surface area contributed by atoms with Gasteiger partial charge in [-0.05, 0) is 42.3 Å². The molecule has 0 saturated heterocycles. The maximum Gasteiger partial charge on any atom is 0.339 e. The van der Waals surface area contributed by atoms with E-state index in [9.17, 15) is 28.3 Å². The van der Waals surface area contributed by atoms with Crippen LogP contribution in [0.25, 0.3) is 0 Å². The number of fused-ring (bicyclic) bond motifs is 1. The topological polar surface area (TPSA) is 86.7 Å². The van der Waals surface area contributed by atoms with Crippen molar-refractivity contribution in [1.29, 1.82) is 0 Å². The minimum atomic E-state index is -1.20. The summed E-state index contributed by atoms with van der Waals surface area (Å²) in [6, 6.07) is 9.30. The number of carboxylic acids is 1. The van der Waals surface area contributed by atoms with Crippen molar-refractivity contribution >= 4 is 45.7 Å². The van der Waals surface area contributed by atoms with Gasteiger partial charge in [0.2, 0.25) is 0 Å². The predicted molar refractivity (Wildman–Crippen MR) is 115 cm³/mol. The third-order valence-corrected chi connectivity index (χ3v) is 6.53. The van der Waals surface area contributed by atoms with Crippen LogP contribution in [0.5, 0.6) is 0 Å². The molecule has 0 radical (unpaired) electrons. The van der Waals surface area contributed by atoms with Crippen LogP contribution < -0.4 is 5.32 Å². The van der Waals surface area contributed by atoms with Crippen molar-refractivity contribution in [1.82, 2.24) is 4.90 Å². The largest absolute Gasteiger partial charge is 0.478 e. The highest BCUT2D eigenvalue weighted by atomic mass is 35.5. The number of aromatic carboxylic acids is 1. The van der Waals surface area contributed by atoms with Crippen molar-refractivity contribution in [2.24, 2.45) is 0 Å². The molecule has 2 heterocycles. The molecular formula is C22H15ClF2N2O4S. The van der Waals surface area contributed by atoms with Gasteiger partial charge in [-0.25, -0.2) is 13.6 Å². The molecule has 0 unspecified atom stereocenters. The lowest BCUT2D eigenvalue weighted by Gasteiger charge is -2.27. The standard InChI is InChI=1S/C22H15ClF2N2O4S/c23-14-4-2-1-3-12(14)19(28)26-20-18(22(30)31)13-7-8-27(10-17(13)32-20)21(29)11-5-6-15(24)16(25)9-11/h1-6,9H,7-8,10H2,(H,26,28)(H,30,31). The number of anilines is 1. The highest BCUT2D eigenvalue weighted by molar-refractivity contribution is 7.17. The second-order valence-electron chi connectivity index (χ2n) is 7.05. The molecule has 2 amide bonds. The average Bonchev–Trinajstić information content (AvgIpc) is 3.12. The molecule has 0 bridgehead atoms. The maximum atomic E-state index is 13.5. The molecule has 0 atom stereocenters. The molecule has 4 rings (SSSR count). The molecule has 164 valence electrons. The Morgan fingerprint density at radius 3 is 2.53 bits per heavy atom. The molecule has 0 spiro atoms. The van der Waals surface area contributed by atoms with Crippen LogP contribution in [0.1, 0.15) is 41.5 Å². The monoisotopic (exact) mass is 476 g/mol. The van der Waals surface area contributed by atoms with Crippen molar-refractivity contribution in [3.63, 3.8) is 0 Å². The quantitative estimate of drug-likeness (QED) is 0.564. The van der Waals surface area contributed by atoms with Crippen LogP contribution in [0.4, 0.5) is 13.8 Å². The van der Waals surface area contributed by atoms with E-state index in [1.54, 1.807) is 18.2 Å². The number of rotatable bonds is 4. The van der Waals surface area contributed by atoms with Gasteiger partial charge in [0.15, 0.2) is 11.6 Å². The number of benzene rings is 2. The Bertz CT molecular complexity index is 1260. The number of nitrogens with zero attached hydrogens (tertiary/aromatic N) is 1. The predicted octanol–water partition coefficient (Wildman–Crippen LogP) is 4.83. The van der Waals surface area contributed by atoms with E-state index in [0.29, 0.717) is 10.4 Å². The van der Waals surface area contributed by atoms with Crippen LogP contribution in [-0.2, 0) is 13.0 Å². The van der Waals surface area contributed by atoms with E-state index >= 15 is 0 Å². The first-order valence-electron chi connectivity index (χ1n) is 9.44. The van der Waals surface area contributed by atoms with E-state index in [1.807, 2.05) is 0 Å². The Balaban J connectivity index is 1.61. The van der Waals surface area contributed by atoms with Crippen molar-refractivity contribution in [3.8, 4) is 0 Å². The van der Waals surface area contributed by atoms with E-state index in [0.717, 1.165) is 23.5 Å². The Kier molecular flexibility index (Phi) is 5.94. The van der Waals surface area contributed by atoms with E-state index in [1.165, 1.54) is 17.0 Å². The summed E-state index contributed by atoms with van der Waals surface area (Å²) in [5.74, 6) is -4.42. The van der Waals surface area contributed by atoms with Crippen LogP contribution in [0.2, 0.25) is 5.02 Å². The lowest BCUT2D eigenvalue weighted by Crippen LogP contribution is -2.35. The average molecular weight is 477 g/mol. The van der Waals surface area contributed by atoms with Gasteiger partial charge in [0.05, 0.1) is 22.7 Å². The summed E-state index contributed by atoms with van der Waals surface area (Å²) in [6.45, 7) is 0.278. The summed E-state index contributed by atoms with van der Waals surface area (Å²) in [6.07, 6.45) is 0.241. The first-order chi connectivity index (χ1) is 15.3. The zero-order valence-electron chi connectivity index (χ0n) is 16.3. The van der Waals surface area contributed by atoms with Gasteiger partial charge < -0.3 is 15.3 Å². The molecular weight excluding hydrogens is 462 g/mol. The minimum absolute atomic E-state index is 0.00499. The molecule has 3 aromatic rings. The summed E-state index contributed by atoms with van der Waals surface area (Å²) < 4.78 is 26.7. The number of amides is 2. The number of carbonyl (C=O) groups is 3. The summed E-state index contributed by atoms with van der Waals surface area (Å²) in [4.78, 5) is 39.3. The molecule has 6 nitrogen and oxygen atoms in total. The van der Waals surface area contributed by atoms with Crippen LogP contribution in [0, 0.1) is 11.6 Å². The van der Waals surface area contributed by atoms with Gasteiger partial charge in [-0.15, -0.1) is 11.3 Å². The van der Waals surface area contributed by atoms with Gasteiger partial charge >= 0.3 is 5.97 Å². The second kappa shape index (κ2) is 8.68. The Labute approximate surface area is 190 Å². The van der Waals surface area contributed by atoms with E-state index < -0.39 is 29.4 Å². The zero-order chi connectivity index (χ0) is 23.0. The van der Waals surface area contributed by atoms with Gasteiger partial charge in [-0.1, -0.05) is 23.7 Å². The highest BCUT2D eigenvalue weighted by Crippen LogP contribution is 2.38. The molecule has 0 aliphatic carbocycles. The third-order valence-electron chi connectivity index (χ3n) is 5.07. The van der Waals surface area contributed by atoms with E-state index in [2.05, 4.69) is 5.32 Å². The summed E-state index contributed by atoms with van der Waals surface area (Å²) in [7, 11) is 0. The number of thiophene rings is 1. The molecule has 1 aliphatic heterocycles. The van der Waals surface area contributed by atoms with Crippen molar-refractivity contribution in [3.05, 3.63) is 86.3 Å². The Morgan fingerprint density at radius 2 is 1.84 bits per heavy atom. The fraction of sp³-hybridized carbons (Fsp3) is 0.136. The van der Waals surface area contributed by atoms with Gasteiger partial charge in [0.25, 0.3) is 11.8 Å². The van der Waals surface area contributed by atoms with Crippen LogP contribution >= 0.6 is 22.9 Å². The third kappa shape index (κ3) is 4.09. The highest BCUT2D eigenvalue weighted by Gasteiger charge is 2.31. The molecule has 0 fully saturated rings. The number of halogens is 3. The normalized spacial score (nSPS) is 12.9. The van der Waals surface area contributed by atoms with Gasteiger partial charge in [0.1, 0.15) is 5.00 Å². The van der Waals surface area contributed by atoms with Crippen LogP contribution in [0.15, 0.2) is 42.5 Å². The van der Waals surface area contributed by atoms with E-state index in [-0.39, 0.29) is 46.2 Å². The van der Waals surface area contributed by atoms with Gasteiger partial charge in [-0.2, -0.15) is 0 Å². The zero-order valence-corrected chi connectivity index (χ0v) is 17.9. The lowest BCUT2D eigenvalue weighted by atomic mass is 10.0. The number of carboxylic acid groups (broad SMARTS) is 1. The Hall–Kier alpha value is -3.30. The lowest BCUT2D eigenvalue weighted by molar-refractivity contribution is 0.0696. The number of carbonyl (C=O) groups excluding carboxylic acids is 2. The smallest absolute Gasteiger partial charge is 0.339 e. The summed E-state index contributed by atoms with van der Waals surface area (Å²) >= 11 is 7.11. The summed E-state index contributed by atoms with van der Waals surface area (Å²) in [5, 5.41) is 12.7. The fourth-order valence-corrected chi connectivity index (χ4v) is 4.99. The van der Waals surface area contributed by atoms with Gasteiger partial charge in [-0.3, -0.25) is 9.59 Å². The Morgan fingerprint density at radius 1 is 1.09 bits per heavy atom. The van der Waals surface area contributed by atoms with Crippen molar-refractivity contribution < 1.29 is 28.3 Å². The van der Waals surface area contributed by atoms with Crippen LogP contribution in [-0.4, -0.2) is 34.3 Å². The summed E-state index contributed by atoms with van der Waals surface area (Å²) in [5.41, 5.74) is 0.707. The first-order valence-corrected chi connectivity index (χ1v) is 10.6. The number of nitrogens with one attached hydrogen (secondary N) is 1. The first kappa shape index (κ1) is 21.9. The second-order valence-corrected chi connectivity index (χ2v) is 8.57. The molecule has 10 heteroatoms. The molecule has 2 aromatic carbocycles. The SMILES string of the molecule is O=C(Nc1sc2c(c1C(=O)O)CCN(C(=O)c1ccc(F)c(F)c1)C2)c1ccccc1Cl. The van der Waals surface area contributed by atoms with Crippen LogP contribution in [0.3, 0.4) is 0 Å². The minimum Gasteiger partial charge on any atom is -0.478 e. The fourth-order valence-electron chi connectivity index (χ4n) is 3.52. The maximum absolute atomic E-state index is 13.5. The number of hydrogen-bond donors (Lipinski definition) is 2. The molecule has 2 N–H and O–H groups in total. The molecule has 0 saturated carbocycles.